The lowest BCUT2D eigenvalue weighted by molar-refractivity contribution is -0.118. The first-order valence-corrected chi connectivity index (χ1v) is 12.0. The number of fused-ring (bicyclic) bond motifs is 1. The van der Waals surface area contributed by atoms with Gasteiger partial charge in [0, 0.05) is 18.3 Å². The number of anilines is 2. The van der Waals surface area contributed by atoms with E-state index in [1.807, 2.05) is 61.5 Å². The zero-order chi connectivity index (χ0) is 24.4. The van der Waals surface area contributed by atoms with Gasteiger partial charge in [0.15, 0.2) is 5.82 Å². The van der Waals surface area contributed by atoms with Crippen LogP contribution in [0.2, 0.25) is 10.0 Å². The van der Waals surface area contributed by atoms with E-state index in [4.69, 9.17) is 23.2 Å². The predicted molar refractivity (Wildman–Crippen MR) is 142 cm³/mol. The molecular weight excluding hydrogens is 481 g/mol. The summed E-state index contributed by atoms with van der Waals surface area (Å²) in [5.41, 5.74) is 4.20. The summed E-state index contributed by atoms with van der Waals surface area (Å²) in [4.78, 5) is 18.4. The second-order valence-electron chi connectivity index (χ2n) is 8.36. The zero-order valence-electron chi connectivity index (χ0n) is 19.0. The van der Waals surface area contributed by atoms with E-state index in [0.29, 0.717) is 33.8 Å². The standard InChI is InChI=1S/C27H23Cl2N5O/c1-17-25(26(34-24(32-17)13-14-31-34)19-11-12-20(28)21(29)15-19)27(35)33-23-10-6-5-9-22(23)30-16-18-7-3-2-4-8-18/h2-15,25-26,30H,16H2,1H3,(H,33,35). The van der Waals surface area contributed by atoms with Gasteiger partial charge in [0.05, 0.1) is 33.7 Å². The Morgan fingerprint density at radius 3 is 2.46 bits per heavy atom. The lowest BCUT2D eigenvalue weighted by Crippen LogP contribution is -2.39. The van der Waals surface area contributed by atoms with Crippen LogP contribution >= 0.6 is 23.2 Å². The summed E-state index contributed by atoms with van der Waals surface area (Å²) < 4.78 is 1.76. The highest BCUT2D eigenvalue weighted by atomic mass is 35.5. The van der Waals surface area contributed by atoms with Crippen LogP contribution in [0.4, 0.5) is 17.2 Å². The van der Waals surface area contributed by atoms with Crippen LogP contribution in [0.5, 0.6) is 0 Å². The molecule has 4 aromatic rings. The van der Waals surface area contributed by atoms with Crippen molar-refractivity contribution in [2.75, 3.05) is 10.6 Å². The number of rotatable bonds is 6. The first-order chi connectivity index (χ1) is 17.0. The SMILES string of the molecule is CC1=Nc2ccnn2C(c2ccc(Cl)c(Cl)c2)C1C(=O)Nc1ccccc1NCc1ccccc1. The van der Waals surface area contributed by atoms with Crippen LogP contribution in [0.1, 0.15) is 24.1 Å². The first kappa shape index (κ1) is 23.1. The van der Waals surface area contributed by atoms with Crippen molar-refractivity contribution < 1.29 is 4.79 Å². The van der Waals surface area contributed by atoms with Crippen LogP contribution in [0.15, 0.2) is 90.1 Å². The molecule has 0 radical (unpaired) electrons. The number of halogens is 2. The van der Waals surface area contributed by atoms with Crippen LogP contribution in [0.3, 0.4) is 0 Å². The fraction of sp³-hybridized carbons (Fsp3) is 0.148. The van der Waals surface area contributed by atoms with Crippen molar-refractivity contribution in [2.24, 2.45) is 10.9 Å². The Hall–Kier alpha value is -3.61. The summed E-state index contributed by atoms with van der Waals surface area (Å²) >= 11 is 12.5. The number of hydrogen-bond donors (Lipinski definition) is 2. The van der Waals surface area contributed by atoms with Crippen molar-refractivity contribution in [1.82, 2.24) is 9.78 Å². The van der Waals surface area contributed by atoms with Crippen molar-refractivity contribution in [3.05, 3.63) is 106 Å². The number of amides is 1. The van der Waals surface area contributed by atoms with Crippen LogP contribution in [-0.4, -0.2) is 21.4 Å². The third-order valence-corrected chi connectivity index (χ3v) is 6.79. The Bertz CT molecular complexity index is 1400. The van der Waals surface area contributed by atoms with E-state index in [0.717, 1.165) is 16.8 Å². The molecule has 2 unspecified atom stereocenters. The number of aromatic nitrogens is 2. The molecule has 1 aromatic heterocycles. The number of nitrogens with one attached hydrogen (secondary N) is 2. The van der Waals surface area contributed by atoms with E-state index >= 15 is 0 Å². The van der Waals surface area contributed by atoms with Crippen molar-refractivity contribution in [3.8, 4) is 0 Å². The Morgan fingerprint density at radius 2 is 1.69 bits per heavy atom. The molecule has 0 saturated heterocycles. The second kappa shape index (κ2) is 9.94. The molecule has 0 saturated carbocycles. The molecule has 0 bridgehead atoms. The average Bonchev–Trinajstić information content (AvgIpc) is 3.33. The van der Waals surface area contributed by atoms with Crippen LogP contribution in [0.25, 0.3) is 0 Å². The Labute approximate surface area is 213 Å². The quantitative estimate of drug-likeness (QED) is 0.305. The largest absolute Gasteiger partial charge is 0.379 e. The summed E-state index contributed by atoms with van der Waals surface area (Å²) in [5, 5.41) is 11.9. The number of aliphatic imine (C=N–C) groups is 1. The molecule has 3 aromatic carbocycles. The number of para-hydroxylation sites is 2. The molecular formula is C27H23Cl2N5O. The van der Waals surface area contributed by atoms with Crippen molar-refractivity contribution >= 4 is 52.0 Å². The fourth-order valence-electron chi connectivity index (χ4n) is 4.34. The predicted octanol–water partition coefficient (Wildman–Crippen LogP) is 6.75. The topological polar surface area (TPSA) is 71.3 Å². The number of hydrogen-bond acceptors (Lipinski definition) is 4. The number of carbonyl (C=O) groups is 1. The normalized spacial score (nSPS) is 16.8. The summed E-state index contributed by atoms with van der Waals surface area (Å²) in [6.45, 7) is 2.50. The average molecular weight is 504 g/mol. The van der Waals surface area contributed by atoms with Gasteiger partial charge in [-0.3, -0.25) is 4.79 Å². The van der Waals surface area contributed by atoms with Crippen molar-refractivity contribution in [2.45, 2.75) is 19.5 Å². The van der Waals surface area contributed by atoms with Crippen LogP contribution in [0, 0.1) is 5.92 Å². The van der Waals surface area contributed by atoms with E-state index < -0.39 is 12.0 Å². The van der Waals surface area contributed by atoms with Crippen LogP contribution in [-0.2, 0) is 11.3 Å². The third kappa shape index (κ3) is 4.81. The number of nitrogens with zero attached hydrogens (tertiary/aromatic N) is 3. The van der Waals surface area contributed by atoms with Gasteiger partial charge in [-0.05, 0) is 42.3 Å². The smallest absolute Gasteiger partial charge is 0.235 e. The van der Waals surface area contributed by atoms with Crippen LogP contribution < -0.4 is 10.6 Å². The van der Waals surface area contributed by atoms with Gasteiger partial charge in [-0.2, -0.15) is 5.10 Å². The lowest BCUT2D eigenvalue weighted by atomic mass is 9.87. The minimum absolute atomic E-state index is 0.183. The van der Waals surface area contributed by atoms with Crippen molar-refractivity contribution in [3.63, 3.8) is 0 Å². The van der Waals surface area contributed by atoms with E-state index in [1.54, 1.807) is 23.0 Å². The van der Waals surface area contributed by atoms with Gasteiger partial charge in [0.1, 0.15) is 5.92 Å². The molecule has 8 heteroatoms. The lowest BCUT2D eigenvalue weighted by Gasteiger charge is -2.31. The zero-order valence-corrected chi connectivity index (χ0v) is 20.5. The van der Waals surface area contributed by atoms with Gasteiger partial charge in [-0.1, -0.05) is 71.7 Å². The maximum atomic E-state index is 13.8. The monoisotopic (exact) mass is 503 g/mol. The van der Waals surface area contributed by atoms with E-state index in [2.05, 4.69) is 32.9 Å². The molecule has 0 spiro atoms. The number of benzene rings is 3. The Balaban J connectivity index is 1.45. The van der Waals surface area contributed by atoms with Gasteiger partial charge >= 0.3 is 0 Å². The molecule has 5 rings (SSSR count). The Morgan fingerprint density at radius 1 is 0.943 bits per heavy atom. The molecule has 1 amide bonds. The Kier molecular flexibility index (Phi) is 6.57. The van der Waals surface area contributed by atoms with Gasteiger partial charge in [0.25, 0.3) is 0 Å². The number of carbonyl (C=O) groups excluding carboxylic acids is 1. The second-order valence-corrected chi connectivity index (χ2v) is 9.17. The maximum absolute atomic E-state index is 13.8. The van der Waals surface area contributed by atoms with Gasteiger partial charge in [-0.15, -0.1) is 0 Å². The van der Waals surface area contributed by atoms with Gasteiger partial charge in [0.2, 0.25) is 5.91 Å². The summed E-state index contributed by atoms with van der Waals surface area (Å²) in [5.74, 6) is -0.0909. The molecule has 1 aliphatic rings. The molecule has 176 valence electrons. The molecule has 0 fully saturated rings. The molecule has 6 nitrogen and oxygen atoms in total. The maximum Gasteiger partial charge on any atom is 0.235 e. The first-order valence-electron chi connectivity index (χ1n) is 11.2. The van der Waals surface area contributed by atoms with E-state index in [-0.39, 0.29) is 5.91 Å². The van der Waals surface area contributed by atoms with E-state index in [1.165, 1.54) is 0 Å². The van der Waals surface area contributed by atoms with E-state index in [9.17, 15) is 4.79 Å². The molecule has 35 heavy (non-hydrogen) atoms. The highest BCUT2D eigenvalue weighted by Gasteiger charge is 2.38. The highest BCUT2D eigenvalue weighted by Crippen LogP contribution is 2.38. The summed E-state index contributed by atoms with van der Waals surface area (Å²) in [6, 6.07) is 24.6. The van der Waals surface area contributed by atoms with Gasteiger partial charge in [-0.25, -0.2) is 9.67 Å². The molecule has 1 aliphatic heterocycles. The molecule has 2 atom stereocenters. The van der Waals surface area contributed by atoms with Gasteiger partial charge < -0.3 is 10.6 Å². The summed E-state index contributed by atoms with van der Waals surface area (Å²) in [6.07, 6.45) is 1.68. The molecule has 2 heterocycles. The molecule has 2 N–H and O–H groups in total. The molecule has 0 aliphatic carbocycles. The van der Waals surface area contributed by atoms with Crippen molar-refractivity contribution in [1.29, 1.82) is 0 Å². The minimum Gasteiger partial charge on any atom is -0.379 e. The summed E-state index contributed by atoms with van der Waals surface area (Å²) in [7, 11) is 0. The fourth-order valence-corrected chi connectivity index (χ4v) is 4.65. The minimum atomic E-state index is -0.596. The highest BCUT2D eigenvalue weighted by molar-refractivity contribution is 6.42. The third-order valence-electron chi connectivity index (χ3n) is 6.05.